The van der Waals surface area contributed by atoms with Gasteiger partial charge in [-0.15, -0.1) is 0 Å². The number of nitrogens with zero attached hydrogens (tertiary/aromatic N) is 2. The summed E-state index contributed by atoms with van der Waals surface area (Å²) in [5, 5.41) is 14.1. The van der Waals surface area contributed by atoms with Crippen LogP contribution in [0, 0.1) is 25.2 Å². The lowest BCUT2D eigenvalue weighted by Crippen LogP contribution is -2.42. The first kappa shape index (κ1) is 21.6. The molecule has 8 nitrogen and oxygen atoms in total. The molecule has 160 valence electrons. The van der Waals surface area contributed by atoms with Gasteiger partial charge in [0.15, 0.2) is 6.61 Å². The zero-order valence-corrected chi connectivity index (χ0v) is 17.5. The predicted octanol–water partition coefficient (Wildman–Crippen LogP) is 3.05. The number of amides is 3. The molecule has 2 aliphatic carbocycles. The third kappa shape index (κ3) is 5.50. The van der Waals surface area contributed by atoms with E-state index in [1.165, 1.54) is 25.3 Å². The number of hydrogen-bond donors (Lipinski definition) is 2. The molecule has 0 aliphatic heterocycles. The van der Waals surface area contributed by atoms with Crippen molar-refractivity contribution in [3.05, 3.63) is 28.6 Å². The molecule has 30 heavy (non-hydrogen) atoms. The van der Waals surface area contributed by atoms with Crippen molar-refractivity contribution in [2.24, 2.45) is 0 Å². The van der Waals surface area contributed by atoms with Crippen molar-refractivity contribution in [1.29, 1.82) is 5.26 Å². The van der Waals surface area contributed by atoms with E-state index in [4.69, 9.17) is 4.74 Å². The van der Waals surface area contributed by atoms with Crippen LogP contribution in [0.4, 0.5) is 4.79 Å². The molecule has 2 aliphatic rings. The highest BCUT2D eigenvalue weighted by molar-refractivity contribution is 6.00. The Morgan fingerprint density at radius 1 is 1.20 bits per heavy atom. The van der Waals surface area contributed by atoms with Gasteiger partial charge in [0, 0.05) is 23.5 Å². The molecule has 1 heterocycles. The number of hydrogen-bond acceptors (Lipinski definition) is 5. The predicted molar refractivity (Wildman–Crippen MR) is 110 cm³/mol. The molecule has 3 rings (SSSR count). The average molecular weight is 412 g/mol. The van der Waals surface area contributed by atoms with E-state index in [2.05, 4.69) is 15.2 Å². The van der Waals surface area contributed by atoms with E-state index in [1.54, 1.807) is 0 Å². The lowest BCUT2D eigenvalue weighted by Gasteiger charge is -2.26. The van der Waals surface area contributed by atoms with Crippen LogP contribution in [0.3, 0.4) is 0 Å². The van der Waals surface area contributed by atoms with Crippen LogP contribution in [-0.2, 0) is 14.3 Å². The number of urea groups is 1. The number of aromatic nitrogens is 1. The molecule has 0 bridgehead atoms. The van der Waals surface area contributed by atoms with Crippen molar-refractivity contribution in [1.82, 2.24) is 15.2 Å². The van der Waals surface area contributed by atoms with Crippen LogP contribution in [0.1, 0.15) is 67.9 Å². The number of rotatable bonds is 6. The summed E-state index contributed by atoms with van der Waals surface area (Å²) < 4.78 is 7.20. The number of carbonyl (C=O) groups is 3. The van der Waals surface area contributed by atoms with E-state index < -0.39 is 24.5 Å². The lowest BCUT2D eigenvalue weighted by atomic mass is 9.95. The highest BCUT2D eigenvalue weighted by atomic mass is 16.5. The molecule has 1 aromatic heterocycles. The first-order valence-corrected chi connectivity index (χ1v) is 10.5. The van der Waals surface area contributed by atoms with Crippen LogP contribution >= 0.6 is 0 Å². The second-order valence-electron chi connectivity index (χ2n) is 8.03. The van der Waals surface area contributed by atoms with Crippen molar-refractivity contribution in [3.8, 4) is 6.07 Å². The van der Waals surface area contributed by atoms with Crippen molar-refractivity contribution in [3.63, 3.8) is 0 Å². The maximum absolute atomic E-state index is 12.3. The van der Waals surface area contributed by atoms with Crippen LogP contribution in [0.2, 0.25) is 0 Å². The van der Waals surface area contributed by atoms with Gasteiger partial charge in [-0.1, -0.05) is 19.3 Å². The lowest BCUT2D eigenvalue weighted by molar-refractivity contribution is -0.144. The summed E-state index contributed by atoms with van der Waals surface area (Å²) >= 11 is 0. The molecule has 0 saturated heterocycles. The Balaban J connectivity index is 1.61. The van der Waals surface area contributed by atoms with Crippen molar-refractivity contribution in [2.75, 3.05) is 6.61 Å². The number of esters is 1. The third-order valence-electron chi connectivity index (χ3n) is 5.60. The van der Waals surface area contributed by atoms with Crippen LogP contribution in [0.25, 0.3) is 6.08 Å². The maximum atomic E-state index is 12.3. The van der Waals surface area contributed by atoms with E-state index in [9.17, 15) is 19.6 Å². The fraction of sp³-hybridized carbons (Fsp3) is 0.545. The van der Waals surface area contributed by atoms with E-state index >= 15 is 0 Å². The van der Waals surface area contributed by atoms with Gasteiger partial charge in [0.25, 0.3) is 5.91 Å². The van der Waals surface area contributed by atoms with Crippen molar-refractivity contribution in [2.45, 2.75) is 70.9 Å². The molecular formula is C22H28N4O4. The van der Waals surface area contributed by atoms with E-state index in [0.717, 1.165) is 42.6 Å². The zero-order chi connectivity index (χ0) is 21.7. The monoisotopic (exact) mass is 412 g/mol. The van der Waals surface area contributed by atoms with Gasteiger partial charge in [-0.3, -0.25) is 10.1 Å². The van der Waals surface area contributed by atoms with Gasteiger partial charge in [-0.25, -0.2) is 9.59 Å². The standard InChI is InChI=1S/C22H28N4O4/c1-14-10-16(15(2)26(14)19-6-4-3-5-7-19)11-17(12-23)21(28)30-13-20(27)25-22(29)24-18-8-9-18/h10-11,18-19H,3-9,13H2,1-2H3,(H2,24,25,27,29)/b17-11+. The second kappa shape index (κ2) is 9.61. The Labute approximate surface area is 176 Å². The second-order valence-corrected chi connectivity index (χ2v) is 8.03. The summed E-state index contributed by atoms with van der Waals surface area (Å²) in [6, 6.07) is 3.77. The number of nitrogens with one attached hydrogen (secondary N) is 2. The topological polar surface area (TPSA) is 113 Å². The van der Waals surface area contributed by atoms with Crippen molar-refractivity contribution < 1.29 is 19.1 Å². The molecular weight excluding hydrogens is 384 g/mol. The van der Waals surface area contributed by atoms with E-state index in [0.29, 0.717) is 6.04 Å². The molecule has 0 radical (unpaired) electrons. The molecule has 2 N–H and O–H groups in total. The summed E-state index contributed by atoms with van der Waals surface area (Å²) in [4.78, 5) is 35.5. The molecule has 3 amide bonds. The molecule has 1 aromatic rings. The highest BCUT2D eigenvalue weighted by Gasteiger charge is 2.24. The highest BCUT2D eigenvalue weighted by Crippen LogP contribution is 2.32. The fourth-order valence-electron chi connectivity index (χ4n) is 3.96. The summed E-state index contributed by atoms with van der Waals surface area (Å²) in [5.41, 5.74) is 2.71. The third-order valence-corrected chi connectivity index (χ3v) is 5.60. The maximum Gasteiger partial charge on any atom is 0.349 e. The van der Waals surface area contributed by atoms with Gasteiger partial charge < -0.3 is 14.6 Å². The molecule has 0 unspecified atom stereocenters. The Morgan fingerprint density at radius 3 is 2.53 bits per heavy atom. The largest absolute Gasteiger partial charge is 0.451 e. The van der Waals surface area contributed by atoms with Gasteiger partial charge in [0.05, 0.1) is 0 Å². The number of carbonyl (C=O) groups excluding carboxylic acids is 3. The first-order valence-electron chi connectivity index (χ1n) is 10.5. The fourth-order valence-corrected chi connectivity index (χ4v) is 3.96. The Morgan fingerprint density at radius 2 is 1.90 bits per heavy atom. The first-order chi connectivity index (χ1) is 14.4. The smallest absolute Gasteiger partial charge is 0.349 e. The van der Waals surface area contributed by atoms with Gasteiger partial charge in [0.1, 0.15) is 11.6 Å². The zero-order valence-electron chi connectivity index (χ0n) is 17.5. The molecule has 2 saturated carbocycles. The Hall–Kier alpha value is -3.08. The minimum absolute atomic E-state index is 0.112. The summed E-state index contributed by atoms with van der Waals surface area (Å²) in [6.45, 7) is 3.39. The van der Waals surface area contributed by atoms with Crippen molar-refractivity contribution >= 4 is 24.0 Å². The molecule has 0 atom stereocenters. The normalized spacial score (nSPS) is 17.2. The number of nitriles is 1. The molecule has 8 heteroatoms. The van der Waals surface area contributed by atoms with Gasteiger partial charge >= 0.3 is 12.0 Å². The Bertz CT molecular complexity index is 899. The summed E-state index contributed by atoms with van der Waals surface area (Å²) in [7, 11) is 0. The number of aryl methyl sites for hydroxylation is 1. The quantitative estimate of drug-likeness (QED) is 0.424. The Kier molecular flexibility index (Phi) is 6.93. The number of ether oxygens (including phenoxy) is 1. The van der Waals surface area contributed by atoms with Crippen LogP contribution in [0.5, 0.6) is 0 Å². The van der Waals surface area contributed by atoms with Crippen LogP contribution in [0.15, 0.2) is 11.6 Å². The number of imide groups is 1. The summed E-state index contributed by atoms with van der Waals surface area (Å²) in [6.07, 6.45) is 9.26. The minimum Gasteiger partial charge on any atom is -0.451 e. The van der Waals surface area contributed by atoms with Gasteiger partial charge in [-0.05, 0) is 57.2 Å². The minimum atomic E-state index is -0.891. The summed E-state index contributed by atoms with van der Waals surface area (Å²) in [5.74, 6) is -1.63. The SMILES string of the molecule is Cc1cc(/C=C(\C#N)C(=O)OCC(=O)NC(=O)NC2CC2)c(C)n1C1CCCCC1. The van der Waals surface area contributed by atoms with Gasteiger partial charge in [-0.2, -0.15) is 5.26 Å². The molecule has 0 aromatic carbocycles. The molecule has 0 spiro atoms. The van der Waals surface area contributed by atoms with Crippen LogP contribution < -0.4 is 10.6 Å². The average Bonchev–Trinajstić information content (AvgIpc) is 3.48. The van der Waals surface area contributed by atoms with Gasteiger partial charge in [0.2, 0.25) is 0 Å². The van der Waals surface area contributed by atoms with E-state index in [1.807, 2.05) is 26.0 Å². The molecule has 2 fully saturated rings. The van der Waals surface area contributed by atoms with E-state index in [-0.39, 0.29) is 11.6 Å². The van der Waals surface area contributed by atoms with Crippen LogP contribution in [-0.4, -0.2) is 35.1 Å².